The molecule has 2 amide bonds. The molecule has 1 aliphatic rings. The van der Waals surface area contributed by atoms with E-state index in [2.05, 4.69) is 60.1 Å². The minimum atomic E-state index is -0.0790. The van der Waals surface area contributed by atoms with Gasteiger partial charge in [0.1, 0.15) is 0 Å². The highest BCUT2D eigenvalue weighted by Crippen LogP contribution is 2.32. The van der Waals surface area contributed by atoms with E-state index in [-0.39, 0.29) is 11.8 Å². The van der Waals surface area contributed by atoms with Crippen LogP contribution in [0.1, 0.15) is 46.1 Å². The summed E-state index contributed by atoms with van der Waals surface area (Å²) in [5, 5.41) is 9.31. The number of nitrogens with zero attached hydrogens (tertiary/aromatic N) is 1. The average Bonchev–Trinajstić information content (AvgIpc) is 2.88. The van der Waals surface area contributed by atoms with Crippen molar-refractivity contribution in [3.05, 3.63) is 72.3 Å². The number of amides is 2. The Labute approximate surface area is 221 Å². The number of hydrogen-bond donors (Lipinski definition) is 3. The van der Waals surface area contributed by atoms with Gasteiger partial charge in [0.25, 0.3) is 0 Å². The van der Waals surface area contributed by atoms with Crippen LogP contribution >= 0.6 is 0 Å². The number of rotatable bonds is 7. The monoisotopic (exact) mass is 500 g/mol. The number of carbonyl (C=O) groups is 2. The van der Waals surface area contributed by atoms with Gasteiger partial charge in [-0.2, -0.15) is 0 Å². The maximum atomic E-state index is 11.7. The van der Waals surface area contributed by atoms with Gasteiger partial charge in [0.05, 0.1) is 0 Å². The molecule has 0 spiro atoms. The number of anilines is 4. The zero-order valence-corrected chi connectivity index (χ0v) is 22.7. The van der Waals surface area contributed by atoms with Gasteiger partial charge in [-0.25, -0.2) is 0 Å². The van der Waals surface area contributed by atoms with Crippen molar-refractivity contribution in [2.45, 2.75) is 47.0 Å². The van der Waals surface area contributed by atoms with Crippen LogP contribution < -0.4 is 20.9 Å². The zero-order chi connectivity index (χ0) is 26.8. The molecule has 1 aliphatic heterocycles. The fourth-order valence-electron chi connectivity index (χ4n) is 4.34. The number of carbonyl (C=O) groups excluding carboxylic acids is 2. The lowest BCUT2D eigenvalue weighted by Crippen LogP contribution is -2.33. The van der Waals surface area contributed by atoms with E-state index >= 15 is 0 Å². The van der Waals surface area contributed by atoms with Crippen LogP contribution in [-0.2, 0) is 16.0 Å². The molecule has 0 aromatic heterocycles. The van der Waals surface area contributed by atoms with E-state index in [1.54, 1.807) is 6.92 Å². The van der Waals surface area contributed by atoms with Gasteiger partial charge in [0.2, 0.25) is 11.8 Å². The van der Waals surface area contributed by atoms with E-state index in [4.69, 9.17) is 0 Å². The summed E-state index contributed by atoms with van der Waals surface area (Å²) in [7, 11) is 1.93. The summed E-state index contributed by atoms with van der Waals surface area (Å²) in [6.45, 7) is 9.44. The van der Waals surface area contributed by atoms with E-state index in [0.717, 1.165) is 60.0 Å². The minimum Gasteiger partial charge on any atom is -0.388 e. The molecule has 6 nitrogen and oxygen atoms in total. The zero-order valence-electron chi connectivity index (χ0n) is 22.7. The van der Waals surface area contributed by atoms with Crippen molar-refractivity contribution in [1.29, 1.82) is 0 Å². The third kappa shape index (κ3) is 8.38. The number of nitrogens with one attached hydrogen (secondary N) is 3. The number of hydrogen-bond acceptors (Lipinski definition) is 4. The number of fused-ring (bicyclic) bond motifs is 1. The van der Waals surface area contributed by atoms with Crippen molar-refractivity contribution in [2.24, 2.45) is 5.92 Å². The Kier molecular flexibility index (Phi) is 10.1. The predicted molar refractivity (Wildman–Crippen MR) is 156 cm³/mol. The normalized spacial score (nSPS) is 12.2. The van der Waals surface area contributed by atoms with Crippen molar-refractivity contribution < 1.29 is 9.59 Å². The second-order valence-corrected chi connectivity index (χ2v) is 9.82. The molecule has 3 aromatic carbocycles. The molecule has 0 bridgehead atoms. The highest BCUT2D eigenvalue weighted by Gasteiger charge is 2.20. The molecule has 6 heteroatoms. The van der Waals surface area contributed by atoms with E-state index < -0.39 is 0 Å². The lowest BCUT2D eigenvalue weighted by molar-refractivity contribution is -0.116. The van der Waals surface area contributed by atoms with Gasteiger partial charge in [0, 0.05) is 56.7 Å². The first-order chi connectivity index (χ1) is 17.8. The molecule has 0 unspecified atom stereocenters. The molecule has 0 aliphatic carbocycles. The van der Waals surface area contributed by atoms with Gasteiger partial charge in [-0.3, -0.25) is 9.59 Å². The summed E-state index contributed by atoms with van der Waals surface area (Å²) in [6.07, 6.45) is 3.19. The Morgan fingerprint density at radius 2 is 1.59 bits per heavy atom. The first-order valence-electron chi connectivity index (χ1n) is 13.1. The van der Waals surface area contributed by atoms with Gasteiger partial charge < -0.3 is 20.9 Å². The summed E-state index contributed by atoms with van der Waals surface area (Å²) in [5.41, 5.74) is 7.52. The van der Waals surface area contributed by atoms with Gasteiger partial charge >= 0.3 is 0 Å². The third-order valence-corrected chi connectivity index (χ3v) is 6.32. The summed E-state index contributed by atoms with van der Waals surface area (Å²) in [4.78, 5) is 24.8. The molecule has 4 rings (SSSR count). The van der Waals surface area contributed by atoms with Gasteiger partial charge in [0.15, 0.2) is 0 Å². The van der Waals surface area contributed by atoms with Crippen molar-refractivity contribution >= 4 is 34.6 Å². The Hall–Kier alpha value is -3.80. The Balaban J connectivity index is 0.000000233. The van der Waals surface area contributed by atoms with E-state index in [9.17, 15) is 9.59 Å². The summed E-state index contributed by atoms with van der Waals surface area (Å²) >= 11 is 0. The van der Waals surface area contributed by atoms with Crippen molar-refractivity contribution in [2.75, 3.05) is 41.0 Å². The van der Waals surface area contributed by atoms with Crippen LogP contribution in [0.25, 0.3) is 11.1 Å². The fourth-order valence-corrected chi connectivity index (χ4v) is 4.34. The van der Waals surface area contributed by atoms with E-state index in [1.807, 2.05) is 48.3 Å². The van der Waals surface area contributed by atoms with Crippen LogP contribution in [0.15, 0.2) is 66.7 Å². The van der Waals surface area contributed by atoms with Crippen molar-refractivity contribution in [3.8, 4) is 11.1 Å². The molecule has 0 atom stereocenters. The molecule has 0 saturated heterocycles. The molecule has 37 heavy (non-hydrogen) atoms. The van der Waals surface area contributed by atoms with Crippen LogP contribution in [0.5, 0.6) is 0 Å². The molecule has 1 heterocycles. The Morgan fingerprint density at radius 3 is 2.24 bits per heavy atom. The van der Waals surface area contributed by atoms with Crippen LogP contribution in [0.2, 0.25) is 0 Å². The molecule has 0 radical (unpaired) electrons. The smallest absolute Gasteiger partial charge is 0.223 e. The summed E-state index contributed by atoms with van der Waals surface area (Å²) in [5.74, 6) is 0.773. The van der Waals surface area contributed by atoms with Crippen LogP contribution in [0, 0.1) is 5.92 Å². The number of aryl methyl sites for hydroxylation is 1. The molecular formula is C31H40N4O2. The fraction of sp³-hybridized carbons (Fsp3) is 0.355. The molecule has 3 N–H and O–H groups in total. The van der Waals surface area contributed by atoms with Gasteiger partial charge in [-0.15, -0.1) is 0 Å². The first-order valence-corrected chi connectivity index (χ1v) is 13.1. The van der Waals surface area contributed by atoms with Gasteiger partial charge in [-0.1, -0.05) is 32.0 Å². The molecule has 0 fully saturated rings. The maximum absolute atomic E-state index is 11.7. The third-order valence-electron chi connectivity index (χ3n) is 6.32. The Morgan fingerprint density at radius 1 is 0.892 bits per heavy atom. The molecule has 0 saturated carbocycles. The lowest BCUT2D eigenvalue weighted by atomic mass is 9.96. The van der Waals surface area contributed by atoms with Crippen LogP contribution in [-0.4, -0.2) is 32.0 Å². The predicted octanol–water partition coefficient (Wildman–Crippen LogP) is 6.80. The SMILES string of the molecule is CC(=O)Nc1cccc(-c2ccc3c(c2)CCCN3C(C)=O)c1.CNc1ccc(NCCC(C)C)cc1. The van der Waals surface area contributed by atoms with E-state index in [1.165, 1.54) is 24.6 Å². The van der Waals surface area contributed by atoms with Crippen LogP contribution in [0.4, 0.5) is 22.7 Å². The highest BCUT2D eigenvalue weighted by molar-refractivity contribution is 5.93. The molecular weight excluding hydrogens is 460 g/mol. The maximum Gasteiger partial charge on any atom is 0.223 e. The quantitative estimate of drug-likeness (QED) is 0.334. The van der Waals surface area contributed by atoms with Gasteiger partial charge in [-0.05, 0) is 90.4 Å². The first kappa shape index (κ1) is 27.8. The van der Waals surface area contributed by atoms with E-state index in [0.29, 0.717) is 0 Å². The topological polar surface area (TPSA) is 73.5 Å². The number of benzene rings is 3. The second kappa shape index (κ2) is 13.5. The summed E-state index contributed by atoms with van der Waals surface area (Å²) in [6, 6.07) is 22.4. The minimum absolute atomic E-state index is 0.0790. The standard InChI is InChI=1S/C19H20N2O2.C12H20N2/c1-13(22)20-18-7-3-5-15(12-18)16-8-9-19-17(11-16)6-4-10-21(19)14(2)23;1-10(2)8-9-14-12-6-4-11(13-3)5-7-12/h3,5,7-9,11-12H,4,6,10H2,1-2H3,(H,20,22);4-7,10,13-14H,8-9H2,1-3H3. The average molecular weight is 501 g/mol. The summed E-state index contributed by atoms with van der Waals surface area (Å²) < 4.78 is 0. The Bertz CT molecular complexity index is 1190. The van der Waals surface area contributed by atoms with Crippen molar-refractivity contribution in [3.63, 3.8) is 0 Å². The molecule has 3 aromatic rings. The highest BCUT2D eigenvalue weighted by atomic mass is 16.2. The van der Waals surface area contributed by atoms with Crippen LogP contribution in [0.3, 0.4) is 0 Å². The van der Waals surface area contributed by atoms with Crippen molar-refractivity contribution in [1.82, 2.24) is 0 Å². The second-order valence-electron chi connectivity index (χ2n) is 9.82. The molecule has 196 valence electrons. The largest absolute Gasteiger partial charge is 0.388 e. The lowest BCUT2D eigenvalue weighted by Gasteiger charge is -2.29.